The first-order valence-electron chi connectivity index (χ1n) is 5.44. The van der Waals surface area contributed by atoms with Gasteiger partial charge in [0.1, 0.15) is 0 Å². The Bertz CT molecular complexity index is 404. The van der Waals surface area contributed by atoms with E-state index < -0.39 is 6.09 Å². The van der Waals surface area contributed by atoms with Crippen molar-refractivity contribution in [2.45, 2.75) is 25.8 Å². The number of methoxy groups -OCH3 is 1. The number of hydrogen-bond acceptors (Lipinski definition) is 3. The second-order valence-electron chi connectivity index (χ2n) is 4.04. The molecule has 0 fully saturated rings. The number of fused-ring (bicyclic) bond motifs is 1. The quantitative estimate of drug-likeness (QED) is 0.764. The van der Waals surface area contributed by atoms with Gasteiger partial charge < -0.3 is 10.1 Å². The third-order valence-corrected chi connectivity index (χ3v) is 2.81. The lowest BCUT2D eigenvalue weighted by molar-refractivity contribution is 0.187. The summed E-state index contributed by atoms with van der Waals surface area (Å²) in [5.41, 5.74) is 3.05. The highest BCUT2D eigenvalue weighted by atomic mass is 16.5. The van der Waals surface area contributed by atoms with Crippen molar-refractivity contribution in [1.82, 2.24) is 0 Å². The van der Waals surface area contributed by atoms with Crippen LogP contribution in [0.4, 0.5) is 16.2 Å². The number of amides is 1. The van der Waals surface area contributed by atoms with Crippen molar-refractivity contribution in [3.63, 3.8) is 0 Å². The molecule has 4 heteroatoms. The Balaban J connectivity index is 2.28. The molecule has 0 aliphatic carbocycles. The number of aryl methyl sites for hydroxylation is 1. The molecule has 0 spiro atoms. The van der Waals surface area contributed by atoms with Crippen molar-refractivity contribution in [3.8, 4) is 0 Å². The number of ether oxygens (including phenoxy) is 1. The molecule has 1 aromatic carbocycles. The van der Waals surface area contributed by atoms with Gasteiger partial charge in [0.05, 0.1) is 18.5 Å². The smallest absolute Gasteiger partial charge is 0.411 e. The first kappa shape index (κ1) is 10.8. The number of anilines is 2. The van der Waals surface area contributed by atoms with Crippen molar-refractivity contribution in [2.24, 2.45) is 0 Å². The van der Waals surface area contributed by atoms with E-state index in [2.05, 4.69) is 28.4 Å². The highest BCUT2D eigenvalue weighted by Crippen LogP contribution is 2.32. The Morgan fingerprint density at radius 1 is 1.56 bits per heavy atom. The molecule has 4 nitrogen and oxygen atoms in total. The molecular weight excluding hydrogens is 204 g/mol. The van der Waals surface area contributed by atoms with E-state index in [1.807, 2.05) is 12.1 Å². The average molecular weight is 220 g/mol. The second kappa shape index (κ2) is 4.43. The molecule has 0 saturated heterocycles. The summed E-state index contributed by atoms with van der Waals surface area (Å²) in [4.78, 5) is 11.2. The number of nitrogens with one attached hydrogen (secondary N) is 2. The van der Waals surface area contributed by atoms with Crippen molar-refractivity contribution in [3.05, 3.63) is 23.8 Å². The zero-order chi connectivity index (χ0) is 11.5. The molecule has 1 aliphatic rings. The Hall–Kier alpha value is -1.71. The van der Waals surface area contributed by atoms with Crippen molar-refractivity contribution >= 4 is 17.5 Å². The molecule has 16 heavy (non-hydrogen) atoms. The van der Waals surface area contributed by atoms with Crippen LogP contribution in [0, 0.1) is 0 Å². The third-order valence-electron chi connectivity index (χ3n) is 2.81. The van der Waals surface area contributed by atoms with Crippen LogP contribution in [0.5, 0.6) is 0 Å². The zero-order valence-corrected chi connectivity index (χ0v) is 9.54. The third kappa shape index (κ3) is 2.10. The normalized spacial score (nSPS) is 18.2. The summed E-state index contributed by atoms with van der Waals surface area (Å²) in [7, 11) is 1.36. The summed E-state index contributed by atoms with van der Waals surface area (Å²) >= 11 is 0. The van der Waals surface area contributed by atoms with Gasteiger partial charge in [0, 0.05) is 6.04 Å². The minimum absolute atomic E-state index is 0.437. The van der Waals surface area contributed by atoms with E-state index in [0.29, 0.717) is 6.04 Å². The number of carbonyl (C=O) groups excluding carboxylic acids is 1. The van der Waals surface area contributed by atoms with Crippen LogP contribution < -0.4 is 10.6 Å². The lowest BCUT2D eigenvalue weighted by Crippen LogP contribution is -2.24. The number of hydrogen-bond donors (Lipinski definition) is 2. The fourth-order valence-corrected chi connectivity index (χ4v) is 1.93. The van der Waals surface area contributed by atoms with E-state index >= 15 is 0 Å². The first-order valence-corrected chi connectivity index (χ1v) is 5.44. The van der Waals surface area contributed by atoms with E-state index in [4.69, 9.17) is 0 Å². The van der Waals surface area contributed by atoms with Crippen LogP contribution in [0.15, 0.2) is 18.2 Å². The van der Waals surface area contributed by atoms with Crippen LogP contribution in [-0.2, 0) is 11.2 Å². The molecule has 1 atom stereocenters. The van der Waals surface area contributed by atoms with Crippen molar-refractivity contribution < 1.29 is 9.53 Å². The minimum Gasteiger partial charge on any atom is -0.453 e. The molecule has 86 valence electrons. The van der Waals surface area contributed by atoms with Crippen LogP contribution in [-0.4, -0.2) is 19.2 Å². The van der Waals surface area contributed by atoms with Gasteiger partial charge in [0.2, 0.25) is 0 Å². The van der Waals surface area contributed by atoms with Gasteiger partial charge in [0.15, 0.2) is 0 Å². The van der Waals surface area contributed by atoms with Gasteiger partial charge in [-0.1, -0.05) is 12.1 Å². The van der Waals surface area contributed by atoms with Crippen LogP contribution in [0.3, 0.4) is 0 Å². The monoisotopic (exact) mass is 220 g/mol. The Kier molecular flexibility index (Phi) is 2.99. The second-order valence-corrected chi connectivity index (χ2v) is 4.04. The SMILES string of the molecule is COC(=O)Nc1cccc2c1NC(C)CC2. The van der Waals surface area contributed by atoms with Gasteiger partial charge in [-0.05, 0) is 31.4 Å². The molecular formula is C12H16N2O2. The maximum Gasteiger partial charge on any atom is 0.411 e. The molecule has 1 unspecified atom stereocenters. The summed E-state index contributed by atoms with van der Waals surface area (Å²) < 4.78 is 4.59. The van der Waals surface area contributed by atoms with Gasteiger partial charge in [0.25, 0.3) is 0 Å². The lowest BCUT2D eigenvalue weighted by Gasteiger charge is -2.26. The van der Waals surface area contributed by atoms with Crippen LogP contribution in [0.1, 0.15) is 18.9 Å². The zero-order valence-electron chi connectivity index (χ0n) is 9.54. The van der Waals surface area contributed by atoms with Gasteiger partial charge in [-0.2, -0.15) is 0 Å². The number of carbonyl (C=O) groups is 1. The maximum absolute atomic E-state index is 11.2. The van der Waals surface area contributed by atoms with Crippen LogP contribution in [0.25, 0.3) is 0 Å². The van der Waals surface area contributed by atoms with Gasteiger partial charge >= 0.3 is 6.09 Å². The summed E-state index contributed by atoms with van der Waals surface area (Å²) in [6.45, 7) is 2.14. The predicted octanol–water partition coefficient (Wildman–Crippen LogP) is 2.61. The van der Waals surface area contributed by atoms with E-state index in [9.17, 15) is 4.79 Å². The van der Waals surface area contributed by atoms with Crippen LogP contribution >= 0.6 is 0 Å². The fourth-order valence-electron chi connectivity index (χ4n) is 1.93. The van der Waals surface area contributed by atoms with Gasteiger partial charge in [-0.15, -0.1) is 0 Å². The van der Waals surface area contributed by atoms with E-state index in [-0.39, 0.29) is 0 Å². The number of rotatable bonds is 1. The van der Waals surface area contributed by atoms with E-state index in [0.717, 1.165) is 24.2 Å². The van der Waals surface area contributed by atoms with E-state index in [1.165, 1.54) is 12.7 Å². The molecule has 1 aliphatic heterocycles. The van der Waals surface area contributed by atoms with Gasteiger partial charge in [-0.3, -0.25) is 5.32 Å². The molecule has 0 radical (unpaired) electrons. The summed E-state index contributed by atoms with van der Waals surface area (Å²) in [6, 6.07) is 6.34. The number of para-hydroxylation sites is 1. The number of benzene rings is 1. The average Bonchev–Trinajstić information content (AvgIpc) is 2.29. The molecule has 0 saturated carbocycles. The highest BCUT2D eigenvalue weighted by Gasteiger charge is 2.17. The summed E-state index contributed by atoms with van der Waals surface area (Å²) in [5, 5.41) is 6.10. The Morgan fingerprint density at radius 3 is 3.12 bits per heavy atom. The molecule has 2 N–H and O–H groups in total. The largest absolute Gasteiger partial charge is 0.453 e. The molecule has 2 rings (SSSR count). The lowest BCUT2D eigenvalue weighted by atomic mass is 9.98. The minimum atomic E-state index is -0.437. The van der Waals surface area contributed by atoms with Gasteiger partial charge in [-0.25, -0.2) is 4.79 Å². The fraction of sp³-hybridized carbons (Fsp3) is 0.417. The van der Waals surface area contributed by atoms with Crippen molar-refractivity contribution in [1.29, 1.82) is 0 Å². The molecule has 0 aromatic heterocycles. The first-order chi connectivity index (χ1) is 7.70. The Morgan fingerprint density at radius 2 is 2.38 bits per heavy atom. The molecule has 1 amide bonds. The topological polar surface area (TPSA) is 50.4 Å². The molecule has 1 aromatic rings. The predicted molar refractivity (Wildman–Crippen MR) is 63.9 cm³/mol. The van der Waals surface area contributed by atoms with Crippen LogP contribution in [0.2, 0.25) is 0 Å². The highest BCUT2D eigenvalue weighted by molar-refractivity contribution is 5.90. The maximum atomic E-state index is 11.2. The standard InChI is InChI=1S/C12H16N2O2/c1-8-6-7-9-4-3-5-10(11(9)13-8)14-12(15)16-2/h3-5,8,13H,6-7H2,1-2H3,(H,14,15). The van der Waals surface area contributed by atoms with E-state index in [1.54, 1.807) is 0 Å². The molecule has 0 bridgehead atoms. The Labute approximate surface area is 95.0 Å². The molecule has 1 heterocycles. The summed E-state index contributed by atoms with van der Waals surface area (Å²) in [6.07, 6.45) is 1.72. The van der Waals surface area contributed by atoms with Crippen molar-refractivity contribution in [2.75, 3.05) is 17.7 Å². The summed E-state index contributed by atoms with van der Waals surface area (Å²) in [5.74, 6) is 0.